The molecule has 2 heterocycles. The highest BCUT2D eigenvalue weighted by molar-refractivity contribution is 5.79. The molecule has 0 aliphatic heterocycles. The number of ether oxygens (including phenoxy) is 2. The van der Waals surface area contributed by atoms with Gasteiger partial charge in [0, 0.05) is 12.7 Å². The summed E-state index contributed by atoms with van der Waals surface area (Å²) in [6, 6.07) is 7.93. The quantitative estimate of drug-likeness (QED) is 0.719. The van der Waals surface area contributed by atoms with Gasteiger partial charge in [-0.1, -0.05) is 0 Å². The number of phenolic OH excluding ortho intramolecular Hbond substituents is 1. The predicted octanol–water partition coefficient (Wildman–Crippen LogP) is 1.11. The van der Waals surface area contributed by atoms with Gasteiger partial charge in [-0.15, -0.1) is 0 Å². The van der Waals surface area contributed by atoms with E-state index in [1.54, 1.807) is 24.3 Å². The summed E-state index contributed by atoms with van der Waals surface area (Å²) in [5.74, 6) is 0.570. The highest BCUT2D eigenvalue weighted by Gasteiger charge is 2.13. The molecule has 0 aliphatic rings. The molecule has 2 aromatic heterocycles. The van der Waals surface area contributed by atoms with E-state index in [1.807, 2.05) is 0 Å². The van der Waals surface area contributed by atoms with E-state index in [1.165, 1.54) is 24.9 Å². The number of hydrogen-bond acceptors (Lipinski definition) is 6. The van der Waals surface area contributed by atoms with Gasteiger partial charge in [-0.3, -0.25) is 14.3 Å². The molecule has 0 unspecified atom stereocenters. The van der Waals surface area contributed by atoms with Gasteiger partial charge in [0.1, 0.15) is 17.1 Å². The zero-order valence-electron chi connectivity index (χ0n) is 13.8. The predicted molar refractivity (Wildman–Crippen MR) is 92.2 cm³/mol. The summed E-state index contributed by atoms with van der Waals surface area (Å²) in [4.78, 5) is 30.8. The molecule has 1 aromatic carbocycles. The molecule has 130 valence electrons. The van der Waals surface area contributed by atoms with E-state index in [2.05, 4.69) is 9.97 Å². The van der Waals surface area contributed by atoms with Crippen molar-refractivity contribution in [2.75, 3.05) is 20.8 Å². The Hall–Kier alpha value is -3.13. The first-order valence-corrected chi connectivity index (χ1v) is 7.55. The molecule has 8 heteroatoms. The number of benzene rings is 1. The minimum Gasteiger partial charge on any atom is -0.507 e. The van der Waals surface area contributed by atoms with Crippen LogP contribution >= 0.6 is 0 Å². The van der Waals surface area contributed by atoms with Crippen molar-refractivity contribution < 1.29 is 14.6 Å². The van der Waals surface area contributed by atoms with Crippen LogP contribution in [0.2, 0.25) is 0 Å². The molecule has 0 spiro atoms. The minimum atomic E-state index is -0.561. The second-order valence-corrected chi connectivity index (χ2v) is 5.35. The van der Waals surface area contributed by atoms with Gasteiger partial charge < -0.3 is 14.6 Å². The maximum atomic E-state index is 12.1. The molecule has 0 aliphatic carbocycles. The summed E-state index contributed by atoms with van der Waals surface area (Å²) in [5.41, 5.74) is 0.00880. The molecule has 0 saturated heterocycles. The van der Waals surface area contributed by atoms with Crippen molar-refractivity contribution >= 4 is 11.0 Å². The number of aromatic hydroxyl groups is 1. The van der Waals surface area contributed by atoms with Gasteiger partial charge in [0.25, 0.3) is 5.56 Å². The molecule has 3 rings (SSSR count). The first-order chi connectivity index (χ1) is 12.0. The lowest BCUT2D eigenvalue weighted by atomic mass is 10.1. The molecule has 0 saturated carbocycles. The molecule has 2 N–H and O–H groups in total. The van der Waals surface area contributed by atoms with Crippen LogP contribution < -0.4 is 16.0 Å². The molecule has 3 aromatic rings. The van der Waals surface area contributed by atoms with E-state index in [0.29, 0.717) is 17.0 Å². The van der Waals surface area contributed by atoms with E-state index in [9.17, 15) is 14.7 Å². The second-order valence-electron chi connectivity index (χ2n) is 5.35. The Morgan fingerprint density at radius 3 is 2.72 bits per heavy atom. The van der Waals surface area contributed by atoms with Gasteiger partial charge in [0.2, 0.25) is 0 Å². The number of aromatic nitrogens is 3. The molecule has 25 heavy (non-hydrogen) atoms. The summed E-state index contributed by atoms with van der Waals surface area (Å²) in [6.45, 7) is 0.528. The van der Waals surface area contributed by atoms with Crippen LogP contribution in [0.1, 0.15) is 0 Å². The lowest BCUT2D eigenvalue weighted by Gasteiger charge is -2.11. The third-order valence-corrected chi connectivity index (χ3v) is 3.84. The van der Waals surface area contributed by atoms with Gasteiger partial charge in [-0.05, 0) is 30.3 Å². The van der Waals surface area contributed by atoms with Crippen LogP contribution in [0.4, 0.5) is 0 Å². The Balaban J connectivity index is 2.26. The van der Waals surface area contributed by atoms with Crippen molar-refractivity contribution in [3.05, 3.63) is 51.2 Å². The topological polar surface area (TPSA) is 106 Å². The van der Waals surface area contributed by atoms with Gasteiger partial charge in [0.15, 0.2) is 0 Å². The molecular weight excluding hydrogens is 326 g/mol. The van der Waals surface area contributed by atoms with Crippen LogP contribution in [-0.2, 0) is 11.3 Å². The number of nitrogens with one attached hydrogen (secondary N) is 1. The first-order valence-electron chi connectivity index (χ1n) is 7.55. The Morgan fingerprint density at radius 1 is 1.20 bits per heavy atom. The smallest absolute Gasteiger partial charge is 0.330 e. The van der Waals surface area contributed by atoms with Crippen LogP contribution in [0, 0.1) is 0 Å². The van der Waals surface area contributed by atoms with Gasteiger partial charge >= 0.3 is 5.69 Å². The maximum absolute atomic E-state index is 12.1. The Morgan fingerprint density at radius 2 is 2.00 bits per heavy atom. The number of phenols is 1. The van der Waals surface area contributed by atoms with E-state index in [4.69, 9.17) is 9.47 Å². The maximum Gasteiger partial charge on any atom is 0.330 e. The highest BCUT2D eigenvalue weighted by Crippen LogP contribution is 2.31. The van der Waals surface area contributed by atoms with Crippen LogP contribution in [0.25, 0.3) is 22.3 Å². The van der Waals surface area contributed by atoms with Crippen molar-refractivity contribution in [2.24, 2.45) is 0 Å². The van der Waals surface area contributed by atoms with Crippen LogP contribution in [0.5, 0.6) is 11.5 Å². The standard InChI is InChI=1S/C17H17N3O5/c1-24-8-7-20-15-11(16(22)19-17(20)23)4-5-13(18-15)12-9-10(25-2)3-6-14(12)21/h3-6,9,21H,7-8H2,1-2H3,(H,19,22,23). The number of nitrogens with zero attached hydrogens (tertiary/aromatic N) is 2. The average Bonchev–Trinajstić information content (AvgIpc) is 2.61. The molecule has 0 radical (unpaired) electrons. The fourth-order valence-electron chi connectivity index (χ4n) is 2.55. The van der Waals surface area contributed by atoms with E-state index >= 15 is 0 Å². The molecule has 0 atom stereocenters. The number of pyridine rings is 1. The normalized spacial score (nSPS) is 11.0. The minimum absolute atomic E-state index is 0.0169. The molecule has 0 amide bonds. The first kappa shape index (κ1) is 16.7. The van der Waals surface area contributed by atoms with E-state index in [-0.39, 0.29) is 29.9 Å². The van der Waals surface area contributed by atoms with Gasteiger partial charge in [-0.25, -0.2) is 9.78 Å². The SMILES string of the molecule is COCCn1c(=O)[nH]c(=O)c2ccc(-c3cc(OC)ccc3O)nc21. The highest BCUT2D eigenvalue weighted by atomic mass is 16.5. The van der Waals surface area contributed by atoms with E-state index < -0.39 is 11.2 Å². The zero-order valence-corrected chi connectivity index (χ0v) is 13.8. The average molecular weight is 343 g/mol. The summed E-state index contributed by atoms with van der Waals surface area (Å²) in [5, 5.41) is 10.4. The summed E-state index contributed by atoms with van der Waals surface area (Å²) in [7, 11) is 3.04. The second kappa shape index (κ2) is 6.78. The van der Waals surface area contributed by atoms with Crippen LogP contribution in [0.3, 0.4) is 0 Å². The zero-order chi connectivity index (χ0) is 18.0. The number of H-pyrrole nitrogens is 1. The van der Waals surface area contributed by atoms with Crippen molar-refractivity contribution in [3.63, 3.8) is 0 Å². The number of hydrogen-bond donors (Lipinski definition) is 2. The Bertz CT molecular complexity index is 1040. The molecule has 8 nitrogen and oxygen atoms in total. The van der Waals surface area contributed by atoms with Crippen molar-refractivity contribution in [1.82, 2.24) is 14.5 Å². The van der Waals surface area contributed by atoms with Crippen molar-refractivity contribution in [1.29, 1.82) is 0 Å². The van der Waals surface area contributed by atoms with Gasteiger partial charge in [-0.2, -0.15) is 0 Å². The molecule has 0 bridgehead atoms. The fraction of sp³-hybridized carbons (Fsp3) is 0.235. The van der Waals surface area contributed by atoms with Crippen LogP contribution in [-0.4, -0.2) is 40.5 Å². The Kier molecular flexibility index (Phi) is 4.53. The van der Waals surface area contributed by atoms with Gasteiger partial charge in [0.05, 0.1) is 31.3 Å². The number of fused-ring (bicyclic) bond motifs is 1. The number of aromatic amines is 1. The monoisotopic (exact) mass is 343 g/mol. The van der Waals surface area contributed by atoms with Crippen molar-refractivity contribution in [2.45, 2.75) is 6.54 Å². The molecular formula is C17H17N3O5. The lowest BCUT2D eigenvalue weighted by Crippen LogP contribution is -2.32. The summed E-state index contributed by atoms with van der Waals surface area (Å²) >= 11 is 0. The summed E-state index contributed by atoms with van der Waals surface area (Å²) in [6.07, 6.45) is 0. The number of rotatable bonds is 5. The third-order valence-electron chi connectivity index (χ3n) is 3.84. The van der Waals surface area contributed by atoms with Crippen molar-refractivity contribution in [3.8, 4) is 22.8 Å². The Labute approximate surface area is 142 Å². The largest absolute Gasteiger partial charge is 0.507 e. The fourth-order valence-corrected chi connectivity index (χ4v) is 2.55. The van der Waals surface area contributed by atoms with Crippen LogP contribution in [0.15, 0.2) is 39.9 Å². The third kappa shape index (κ3) is 3.11. The summed E-state index contributed by atoms with van der Waals surface area (Å²) < 4.78 is 11.5. The van der Waals surface area contributed by atoms with E-state index in [0.717, 1.165) is 0 Å². The lowest BCUT2D eigenvalue weighted by molar-refractivity contribution is 0.187. The number of methoxy groups -OCH3 is 2. The molecule has 0 fully saturated rings.